The monoisotopic (exact) mass is 384 g/mol. The number of aromatic nitrogens is 2. The topological polar surface area (TPSA) is 101 Å². The smallest absolute Gasteiger partial charge is 0.229 e. The molecule has 3 heterocycles. The third-order valence-corrected chi connectivity index (χ3v) is 4.56. The molecule has 2 aliphatic rings. The Labute approximate surface area is 165 Å². The molecule has 3 N–H and O–H groups in total. The van der Waals surface area contributed by atoms with Gasteiger partial charge in [-0.3, -0.25) is 0 Å². The fraction of sp³-hybridized carbons (Fsp3) is 0.450. The van der Waals surface area contributed by atoms with Gasteiger partial charge in [0, 0.05) is 38.5 Å². The highest BCUT2D eigenvalue weighted by Gasteiger charge is 2.18. The summed E-state index contributed by atoms with van der Waals surface area (Å²) < 4.78 is 10.7. The summed E-state index contributed by atoms with van der Waals surface area (Å²) in [7, 11) is 0. The number of benzene rings is 1. The lowest BCUT2D eigenvalue weighted by atomic mass is 10.2. The van der Waals surface area contributed by atoms with Gasteiger partial charge in [0.05, 0.1) is 26.4 Å². The highest BCUT2D eigenvalue weighted by Crippen LogP contribution is 2.20. The summed E-state index contributed by atoms with van der Waals surface area (Å²) in [4.78, 5) is 13.3. The predicted molar refractivity (Wildman–Crippen MR) is 112 cm³/mol. The molecule has 2 fully saturated rings. The van der Waals surface area contributed by atoms with Crippen LogP contribution in [0.4, 0.5) is 17.6 Å². The molecule has 2 saturated heterocycles. The number of nitrogens with two attached hydrogens (primary N) is 1. The summed E-state index contributed by atoms with van der Waals surface area (Å²) in [6.45, 7) is 8.23. The molecule has 2 aromatic rings. The standard InChI is InChI=1S/C12H19N5O2.C8H9N/c13-10-9-11(16-1-5-18-6-2-16)15-12(14-10)17-3-7-19-8-4-17;1-7-3-2-4-8(5-7)6-9/h9H,1-8H2,(H2,13,14,15);2-6,9H,1H3. The molecule has 28 heavy (non-hydrogen) atoms. The molecule has 150 valence electrons. The van der Waals surface area contributed by atoms with E-state index in [1.807, 2.05) is 37.3 Å². The summed E-state index contributed by atoms with van der Waals surface area (Å²) in [5.41, 5.74) is 8.08. The molecule has 8 nitrogen and oxygen atoms in total. The fourth-order valence-corrected chi connectivity index (χ4v) is 3.06. The minimum absolute atomic E-state index is 0.512. The van der Waals surface area contributed by atoms with E-state index in [9.17, 15) is 0 Å². The van der Waals surface area contributed by atoms with Crippen LogP contribution in [0.5, 0.6) is 0 Å². The second-order valence-corrected chi connectivity index (χ2v) is 6.71. The quantitative estimate of drug-likeness (QED) is 0.777. The van der Waals surface area contributed by atoms with Crippen LogP contribution in [-0.2, 0) is 9.47 Å². The molecule has 0 aliphatic carbocycles. The number of nitrogens with zero attached hydrogens (tertiary/aromatic N) is 4. The summed E-state index contributed by atoms with van der Waals surface area (Å²) in [6, 6.07) is 9.70. The molecule has 0 spiro atoms. The minimum Gasteiger partial charge on any atom is -0.383 e. The first-order chi connectivity index (χ1) is 13.7. The van der Waals surface area contributed by atoms with Crippen LogP contribution < -0.4 is 15.5 Å². The van der Waals surface area contributed by atoms with Gasteiger partial charge in [-0.2, -0.15) is 9.97 Å². The van der Waals surface area contributed by atoms with Crippen LogP contribution in [0.2, 0.25) is 0 Å². The molecule has 1 aromatic carbocycles. The first-order valence-corrected chi connectivity index (χ1v) is 9.53. The van der Waals surface area contributed by atoms with Crippen molar-refractivity contribution in [3.63, 3.8) is 0 Å². The number of morpholine rings is 2. The molecule has 2 aliphatic heterocycles. The van der Waals surface area contributed by atoms with Crippen molar-refractivity contribution in [2.75, 3.05) is 68.1 Å². The second-order valence-electron chi connectivity index (χ2n) is 6.71. The summed E-state index contributed by atoms with van der Waals surface area (Å²) in [5, 5.41) is 6.92. The van der Waals surface area contributed by atoms with E-state index in [4.69, 9.17) is 20.6 Å². The van der Waals surface area contributed by atoms with Crippen LogP contribution in [0.25, 0.3) is 0 Å². The van der Waals surface area contributed by atoms with E-state index in [1.165, 1.54) is 11.8 Å². The number of hydrogen-bond donors (Lipinski definition) is 2. The van der Waals surface area contributed by atoms with E-state index in [0.717, 1.165) is 50.8 Å². The number of hydrogen-bond acceptors (Lipinski definition) is 8. The largest absolute Gasteiger partial charge is 0.383 e. The second kappa shape index (κ2) is 10.0. The van der Waals surface area contributed by atoms with E-state index in [-0.39, 0.29) is 0 Å². The Bertz CT molecular complexity index is 737. The van der Waals surface area contributed by atoms with Gasteiger partial charge in [0.1, 0.15) is 11.6 Å². The van der Waals surface area contributed by atoms with Crippen molar-refractivity contribution >= 4 is 23.8 Å². The summed E-state index contributed by atoms with van der Waals surface area (Å²) in [6.07, 6.45) is 1.35. The lowest BCUT2D eigenvalue weighted by Crippen LogP contribution is -2.39. The zero-order valence-electron chi connectivity index (χ0n) is 16.3. The van der Waals surface area contributed by atoms with Crippen LogP contribution in [-0.4, -0.2) is 68.8 Å². The van der Waals surface area contributed by atoms with Gasteiger partial charge in [-0.1, -0.05) is 29.8 Å². The third kappa shape index (κ3) is 5.64. The SMILES string of the molecule is Cc1cccc(C=N)c1.Nc1cc(N2CCOCC2)nc(N2CCOCC2)n1. The van der Waals surface area contributed by atoms with Crippen molar-refractivity contribution in [2.24, 2.45) is 0 Å². The van der Waals surface area contributed by atoms with Gasteiger partial charge in [0.25, 0.3) is 0 Å². The van der Waals surface area contributed by atoms with Crippen molar-refractivity contribution in [2.45, 2.75) is 6.92 Å². The molecular weight excluding hydrogens is 356 g/mol. The molecule has 0 bridgehead atoms. The van der Waals surface area contributed by atoms with Gasteiger partial charge in [0.15, 0.2) is 0 Å². The summed E-state index contributed by atoms with van der Waals surface area (Å²) in [5.74, 6) is 2.10. The molecule has 0 atom stereocenters. The van der Waals surface area contributed by atoms with Gasteiger partial charge < -0.3 is 30.4 Å². The Morgan fingerprint density at radius 3 is 2.18 bits per heavy atom. The molecule has 0 unspecified atom stereocenters. The minimum atomic E-state index is 0.512. The lowest BCUT2D eigenvalue weighted by Gasteiger charge is -2.30. The number of nitrogens with one attached hydrogen (secondary N) is 1. The number of anilines is 3. The van der Waals surface area contributed by atoms with Crippen molar-refractivity contribution < 1.29 is 9.47 Å². The third-order valence-electron chi connectivity index (χ3n) is 4.56. The van der Waals surface area contributed by atoms with Gasteiger partial charge in [0.2, 0.25) is 5.95 Å². The van der Waals surface area contributed by atoms with Crippen molar-refractivity contribution in [1.82, 2.24) is 9.97 Å². The van der Waals surface area contributed by atoms with Crippen LogP contribution in [0.1, 0.15) is 11.1 Å². The van der Waals surface area contributed by atoms with Crippen molar-refractivity contribution in [3.05, 3.63) is 41.5 Å². The normalized spacial score (nSPS) is 16.9. The average molecular weight is 384 g/mol. The number of ether oxygens (including phenoxy) is 2. The lowest BCUT2D eigenvalue weighted by molar-refractivity contribution is 0.121. The van der Waals surface area contributed by atoms with Crippen molar-refractivity contribution in [3.8, 4) is 0 Å². The highest BCUT2D eigenvalue weighted by molar-refractivity contribution is 5.76. The Morgan fingerprint density at radius 1 is 0.964 bits per heavy atom. The van der Waals surface area contributed by atoms with Crippen LogP contribution in [0.15, 0.2) is 30.3 Å². The number of nitrogen functional groups attached to an aromatic ring is 1. The zero-order chi connectivity index (χ0) is 19.8. The van der Waals surface area contributed by atoms with Gasteiger partial charge >= 0.3 is 0 Å². The maximum atomic E-state index is 6.92. The maximum Gasteiger partial charge on any atom is 0.229 e. The Hall–Kier alpha value is -2.71. The molecule has 4 rings (SSSR count). The first-order valence-electron chi connectivity index (χ1n) is 9.53. The molecular formula is C20H28N6O2. The van der Waals surface area contributed by atoms with E-state index in [1.54, 1.807) is 0 Å². The van der Waals surface area contributed by atoms with Crippen LogP contribution >= 0.6 is 0 Å². The van der Waals surface area contributed by atoms with E-state index in [2.05, 4.69) is 19.8 Å². The van der Waals surface area contributed by atoms with Gasteiger partial charge in [-0.05, 0) is 12.5 Å². The van der Waals surface area contributed by atoms with E-state index < -0.39 is 0 Å². The fourth-order valence-electron chi connectivity index (χ4n) is 3.06. The first kappa shape index (κ1) is 20.0. The van der Waals surface area contributed by atoms with E-state index in [0.29, 0.717) is 25.0 Å². The average Bonchev–Trinajstić information content (AvgIpc) is 2.75. The predicted octanol–water partition coefficient (Wildman–Crippen LogP) is 1.72. The molecule has 0 radical (unpaired) electrons. The number of aryl methyl sites for hydroxylation is 1. The van der Waals surface area contributed by atoms with Crippen LogP contribution in [0.3, 0.4) is 0 Å². The Kier molecular flexibility index (Phi) is 7.16. The Balaban J connectivity index is 0.000000211. The van der Waals surface area contributed by atoms with Crippen LogP contribution in [0, 0.1) is 12.3 Å². The zero-order valence-corrected chi connectivity index (χ0v) is 16.3. The van der Waals surface area contributed by atoms with Gasteiger partial charge in [-0.15, -0.1) is 0 Å². The molecule has 1 aromatic heterocycles. The van der Waals surface area contributed by atoms with Crippen molar-refractivity contribution in [1.29, 1.82) is 5.41 Å². The molecule has 0 amide bonds. The highest BCUT2D eigenvalue weighted by atomic mass is 16.5. The van der Waals surface area contributed by atoms with E-state index >= 15 is 0 Å². The molecule has 0 saturated carbocycles. The maximum absolute atomic E-state index is 6.92. The van der Waals surface area contributed by atoms with Gasteiger partial charge in [-0.25, -0.2) is 0 Å². The molecule has 8 heteroatoms. The summed E-state index contributed by atoms with van der Waals surface area (Å²) >= 11 is 0. The number of rotatable bonds is 3. The Morgan fingerprint density at radius 2 is 1.61 bits per heavy atom.